The smallest absolute Gasteiger partial charge is 0.206 e. The van der Waals surface area contributed by atoms with Crippen LogP contribution in [0.25, 0.3) is 212 Å². The predicted octanol–water partition coefficient (Wildman–Crippen LogP) is 28.0. The molecule has 13 nitrogen and oxygen atoms in total. The topological polar surface area (TPSA) is 127 Å². The van der Waals surface area contributed by atoms with Gasteiger partial charge in [0.25, 0.3) is 0 Å². The Labute approximate surface area is 679 Å². The Morgan fingerprint density at radius 1 is 0.227 bits per heavy atom. The van der Waals surface area contributed by atoms with Crippen molar-refractivity contribution in [2.24, 2.45) is 0 Å². The molecule has 0 amide bonds. The lowest BCUT2D eigenvalue weighted by Crippen LogP contribution is -1.97. The minimum atomic E-state index is 0.359. The number of aromatic nitrogens is 6. The fourth-order valence-corrected chi connectivity index (χ4v) is 18.4. The summed E-state index contributed by atoms with van der Waals surface area (Å²) in [5, 5.41) is 47.4. The Morgan fingerprint density at radius 2 is 0.580 bits per heavy atom. The van der Waals surface area contributed by atoms with Crippen LogP contribution in [-0.4, -0.2) is 27.4 Å². The van der Waals surface area contributed by atoms with Gasteiger partial charge < -0.3 is 31.8 Å². The lowest BCUT2D eigenvalue weighted by Gasteiger charge is -2.11. The molecule has 0 fully saturated rings. The molecule has 7 aromatic heterocycles. The Hall–Kier alpha value is -17.5. The number of furan rings is 1. The van der Waals surface area contributed by atoms with Crippen LogP contribution in [0.5, 0.6) is 0 Å². The fraction of sp³-hybridized carbons (Fsp3) is 0. The number of para-hydroxylation sites is 8. The lowest BCUT2D eigenvalue weighted by atomic mass is 10.0. The Balaban J connectivity index is 0.000000108. The Morgan fingerprint density at radius 3 is 1.09 bits per heavy atom. The summed E-state index contributed by atoms with van der Waals surface area (Å²) in [7, 11) is 0. The normalized spacial score (nSPS) is 11.5. The van der Waals surface area contributed by atoms with Gasteiger partial charge in [0, 0.05) is 87.4 Å². The summed E-state index contributed by atoms with van der Waals surface area (Å²) in [5.74, 6) is 0. The molecule has 24 aromatic rings. The first-order valence-corrected chi connectivity index (χ1v) is 38.9. The van der Waals surface area contributed by atoms with Crippen LogP contribution < -0.4 is 0 Å². The van der Waals surface area contributed by atoms with E-state index in [1.165, 1.54) is 43.4 Å². The molecule has 0 atom stereocenters. The number of benzene rings is 17. The Kier molecular flexibility index (Phi) is 15.6. The number of hydrogen-bond donors (Lipinski definition) is 0. The van der Waals surface area contributed by atoms with Crippen LogP contribution in [0.1, 0.15) is 16.7 Å². The van der Waals surface area contributed by atoms with E-state index in [0.29, 0.717) is 39.4 Å². The molecule has 0 aliphatic heterocycles. The summed E-state index contributed by atoms with van der Waals surface area (Å²) >= 11 is 0. The number of rotatable bonds is 6. The molecular weight excluding hydrogens is 1460 g/mol. The van der Waals surface area contributed by atoms with Crippen LogP contribution in [-0.2, 0) is 0 Å². The monoisotopic (exact) mass is 1510 g/mol. The van der Waals surface area contributed by atoms with Crippen molar-refractivity contribution in [3.05, 3.63) is 403 Å². The third kappa shape index (κ3) is 10.4. The maximum atomic E-state index is 10.0. The third-order valence-corrected chi connectivity index (χ3v) is 23.5. The average molecular weight is 1520 g/mol. The van der Waals surface area contributed by atoms with Crippen LogP contribution in [0.2, 0.25) is 0 Å². The molecule has 548 valence electrons. The quantitative estimate of drug-likeness (QED) is 0.154. The van der Waals surface area contributed by atoms with Gasteiger partial charge in [0.05, 0.1) is 131 Å². The summed E-state index contributed by atoms with van der Waals surface area (Å²) in [6, 6.07) is 127. The molecule has 0 aliphatic rings. The highest BCUT2D eigenvalue weighted by atomic mass is 16.3. The molecule has 0 aliphatic carbocycles. The van der Waals surface area contributed by atoms with Crippen LogP contribution in [0.4, 0.5) is 17.1 Å². The van der Waals surface area contributed by atoms with Crippen LogP contribution in [0.3, 0.4) is 0 Å². The minimum absolute atomic E-state index is 0.359. The van der Waals surface area contributed by atoms with Crippen molar-refractivity contribution < 1.29 is 4.42 Å². The van der Waals surface area contributed by atoms with Gasteiger partial charge in [0.2, 0.25) is 5.69 Å². The summed E-state index contributed by atoms with van der Waals surface area (Å²) in [4.78, 5) is 10.9. The highest BCUT2D eigenvalue weighted by Crippen LogP contribution is 2.48. The van der Waals surface area contributed by atoms with Gasteiger partial charge in [0.15, 0.2) is 11.4 Å². The van der Waals surface area contributed by atoms with Crippen LogP contribution in [0, 0.1) is 53.7 Å². The molecular formula is C106H58N12O. The number of hydrogen-bond acceptors (Lipinski definition) is 4. The first kappa shape index (κ1) is 68.4. The lowest BCUT2D eigenvalue weighted by molar-refractivity contribution is 0.677. The standard InChI is InChI=1S/C38H20N4O.C36H20N4.C32H18N4/c1-40-24-16-15-23(22-39)34(21-24)42-31-14-8-6-12-29(31)36-33(42)20-18-27-26-17-19-32-35(37(26)43-38(27)36)28-11-5-7-13-30(28)41(32)25-9-3-2-4-10-25;1-38-31-21-26(16-14-24(31)22-37)40-34-19-17-25(20-30(34)36-27-9-3-2-8-23(27)15-18-35(36)40)39-32-12-6-4-10-28(32)29-11-5-7-13-33(29)39;1-34-22-16-15-21(20-33)30(17-22)36-29-14-8-6-12-25(29)27-18-31-26(19-32(27)36)24-11-5-7-13-28(24)35(31)23-9-3-2-4-10-23/h2-21H;2-21H;2-19H. The maximum absolute atomic E-state index is 10.0. The van der Waals surface area contributed by atoms with Crippen molar-refractivity contribution in [2.75, 3.05) is 0 Å². The third-order valence-electron chi connectivity index (χ3n) is 23.5. The second kappa shape index (κ2) is 27.2. The highest BCUT2D eigenvalue weighted by molar-refractivity contribution is 6.30. The molecule has 13 heteroatoms. The fourth-order valence-electron chi connectivity index (χ4n) is 18.4. The molecule has 0 saturated heterocycles. The van der Waals surface area contributed by atoms with Gasteiger partial charge in [-0.25, -0.2) is 14.5 Å². The second-order valence-electron chi connectivity index (χ2n) is 29.6. The number of fused-ring (bicyclic) bond motifs is 25. The van der Waals surface area contributed by atoms with E-state index in [0.717, 1.165) is 149 Å². The highest BCUT2D eigenvalue weighted by Gasteiger charge is 2.26. The molecule has 0 bridgehead atoms. The van der Waals surface area contributed by atoms with E-state index in [-0.39, 0.29) is 0 Å². The SMILES string of the molecule is [C-]#[N+]c1cc(-n2c3ccc(-n4c5ccccc5c5ccccc54)cc3c3c4ccccc4ccc32)ccc1C#N.[C-]#[N+]c1ccc(C#N)c(-n2c3ccccc3c3c4oc5c(ccc6c5c5ccccc5n6-c5ccccc5)c4ccc32)c1.[C-]#[N+]c1ccc(C#N)c(-n2c3ccccc3c3cc4c(cc32)c2ccccc2n4-c2ccccc2)c1. The number of nitriles is 3. The minimum Gasteiger partial charge on any atom is -0.455 e. The van der Waals surface area contributed by atoms with Gasteiger partial charge in [-0.3, -0.25) is 0 Å². The molecule has 24 rings (SSSR count). The first-order valence-electron chi connectivity index (χ1n) is 38.9. The zero-order chi connectivity index (χ0) is 79.7. The summed E-state index contributed by atoms with van der Waals surface area (Å²) in [6.07, 6.45) is 0. The van der Waals surface area contributed by atoms with E-state index in [1.54, 1.807) is 36.4 Å². The van der Waals surface area contributed by atoms with Gasteiger partial charge >= 0.3 is 0 Å². The van der Waals surface area contributed by atoms with Gasteiger partial charge in [-0.05, 0) is 156 Å². The summed E-state index contributed by atoms with van der Waals surface area (Å²) < 4.78 is 20.3. The molecule has 0 spiro atoms. The van der Waals surface area contributed by atoms with Gasteiger partial charge in [-0.15, -0.1) is 0 Å². The zero-order valence-corrected chi connectivity index (χ0v) is 63.3. The molecule has 0 N–H and O–H groups in total. The first-order chi connectivity index (χ1) is 58.8. The van der Waals surface area contributed by atoms with E-state index in [1.807, 2.05) is 54.6 Å². The summed E-state index contributed by atoms with van der Waals surface area (Å²) in [6.45, 7) is 22.8. The molecule has 0 unspecified atom stereocenters. The van der Waals surface area contributed by atoms with Crippen LogP contribution in [0.15, 0.2) is 356 Å². The van der Waals surface area contributed by atoms with E-state index >= 15 is 0 Å². The van der Waals surface area contributed by atoms with E-state index in [9.17, 15) is 15.8 Å². The van der Waals surface area contributed by atoms with Gasteiger partial charge in [-0.2, -0.15) is 15.8 Å². The van der Waals surface area contributed by atoms with Crippen molar-refractivity contribution in [3.8, 4) is 52.3 Å². The van der Waals surface area contributed by atoms with Crippen molar-refractivity contribution in [1.29, 1.82) is 15.8 Å². The van der Waals surface area contributed by atoms with Crippen molar-refractivity contribution in [1.82, 2.24) is 27.4 Å². The second-order valence-corrected chi connectivity index (χ2v) is 29.6. The van der Waals surface area contributed by atoms with Gasteiger partial charge in [0.1, 0.15) is 23.3 Å². The van der Waals surface area contributed by atoms with Crippen molar-refractivity contribution in [2.45, 2.75) is 0 Å². The van der Waals surface area contributed by atoms with E-state index in [4.69, 9.17) is 24.1 Å². The predicted molar refractivity (Wildman–Crippen MR) is 483 cm³/mol. The van der Waals surface area contributed by atoms with Gasteiger partial charge in [-0.1, -0.05) is 206 Å². The van der Waals surface area contributed by atoms with Crippen molar-refractivity contribution in [3.63, 3.8) is 0 Å². The summed E-state index contributed by atoms with van der Waals surface area (Å²) in [5.41, 5.74) is 22.9. The largest absolute Gasteiger partial charge is 0.455 e. The molecule has 119 heavy (non-hydrogen) atoms. The zero-order valence-electron chi connectivity index (χ0n) is 63.3. The molecule has 7 heterocycles. The van der Waals surface area contributed by atoms with Crippen molar-refractivity contribution >= 4 is 181 Å². The molecule has 0 radical (unpaired) electrons. The Bertz CT molecular complexity index is 8720. The average Bonchev–Trinajstić information content (AvgIpc) is 1.55. The van der Waals surface area contributed by atoms with Crippen LogP contribution >= 0.6 is 0 Å². The van der Waals surface area contributed by atoms with E-state index in [2.05, 4.69) is 321 Å². The van der Waals surface area contributed by atoms with E-state index < -0.39 is 0 Å². The molecule has 17 aromatic carbocycles. The number of nitrogens with zero attached hydrogens (tertiary/aromatic N) is 12. The maximum Gasteiger partial charge on any atom is 0.206 e. The molecule has 0 saturated carbocycles.